The van der Waals surface area contributed by atoms with Crippen LogP contribution in [0.3, 0.4) is 0 Å². The number of aryl methyl sites for hydroxylation is 1. The van der Waals surface area contributed by atoms with Gasteiger partial charge in [0.25, 0.3) is 5.91 Å². The molecule has 37 heavy (non-hydrogen) atoms. The monoisotopic (exact) mass is 504 g/mol. The fraction of sp³-hybridized carbons (Fsp3) is 0.194. The summed E-state index contributed by atoms with van der Waals surface area (Å²) in [7, 11) is 0. The summed E-state index contributed by atoms with van der Waals surface area (Å²) in [5, 5.41) is 2.86. The zero-order chi connectivity index (χ0) is 25.2. The number of fused-ring (bicyclic) bond motifs is 2. The standard InChI is InChI=1S/C31H28N4OS/c1-22-11-13-24(14-12-22)20-35-17-18-37-31(35)33-30(36)29-25-9-5-6-10-27(25)32-28-15-16-34(21-26(28)29)19-23-7-3-2-4-8-23/h2-14,17-18H,15-16,19-21H2,1H3. The predicted molar refractivity (Wildman–Crippen MR) is 148 cm³/mol. The maximum atomic E-state index is 13.9. The van der Waals surface area contributed by atoms with Crippen molar-refractivity contribution in [2.24, 2.45) is 4.99 Å². The van der Waals surface area contributed by atoms with E-state index in [1.54, 1.807) is 0 Å². The number of carbonyl (C=O) groups excluding carboxylic acids is 1. The Bertz CT molecular complexity index is 1630. The molecular formula is C31H28N4OS. The van der Waals surface area contributed by atoms with Crippen molar-refractivity contribution >= 4 is 28.1 Å². The van der Waals surface area contributed by atoms with E-state index in [4.69, 9.17) is 4.98 Å². The molecule has 5 aromatic rings. The van der Waals surface area contributed by atoms with Crippen LogP contribution in [-0.4, -0.2) is 26.9 Å². The van der Waals surface area contributed by atoms with Gasteiger partial charge in [0.1, 0.15) is 0 Å². The number of rotatable bonds is 5. The second-order valence-electron chi connectivity index (χ2n) is 9.59. The molecule has 0 spiro atoms. The Kier molecular flexibility index (Phi) is 6.51. The van der Waals surface area contributed by atoms with Gasteiger partial charge in [0.05, 0.1) is 11.1 Å². The third-order valence-electron chi connectivity index (χ3n) is 6.92. The van der Waals surface area contributed by atoms with Crippen LogP contribution in [0.2, 0.25) is 0 Å². The SMILES string of the molecule is Cc1ccc(Cn2ccsc2=NC(=O)c2c3c(nc4ccccc24)CCN(Cc2ccccc2)C3)cc1. The third kappa shape index (κ3) is 5.03. The van der Waals surface area contributed by atoms with Gasteiger partial charge in [-0.2, -0.15) is 4.99 Å². The quantitative estimate of drug-likeness (QED) is 0.306. The van der Waals surface area contributed by atoms with Crippen LogP contribution in [0, 0.1) is 6.92 Å². The van der Waals surface area contributed by atoms with Crippen molar-refractivity contribution in [3.63, 3.8) is 0 Å². The molecule has 1 aliphatic rings. The Hall–Kier alpha value is -3.87. The van der Waals surface area contributed by atoms with Crippen LogP contribution in [0.4, 0.5) is 0 Å². The minimum atomic E-state index is -0.198. The summed E-state index contributed by atoms with van der Waals surface area (Å²) in [6.07, 6.45) is 2.82. The molecule has 0 radical (unpaired) electrons. The second kappa shape index (κ2) is 10.2. The number of benzene rings is 3. The minimum Gasteiger partial charge on any atom is -0.319 e. The number of aromatic nitrogens is 2. The van der Waals surface area contributed by atoms with Gasteiger partial charge in [-0.25, -0.2) is 0 Å². The molecule has 1 aliphatic heterocycles. The Morgan fingerprint density at radius 1 is 0.946 bits per heavy atom. The fourth-order valence-corrected chi connectivity index (χ4v) is 5.73. The zero-order valence-corrected chi connectivity index (χ0v) is 21.6. The molecule has 0 aliphatic carbocycles. The maximum absolute atomic E-state index is 13.9. The number of pyridine rings is 1. The molecule has 2 aromatic heterocycles. The van der Waals surface area contributed by atoms with Gasteiger partial charge in [0.2, 0.25) is 0 Å². The average Bonchev–Trinajstić information content (AvgIpc) is 3.35. The van der Waals surface area contributed by atoms with Crippen LogP contribution >= 0.6 is 11.3 Å². The first-order valence-electron chi connectivity index (χ1n) is 12.6. The molecule has 5 nitrogen and oxygen atoms in total. The van der Waals surface area contributed by atoms with E-state index in [-0.39, 0.29) is 5.91 Å². The lowest BCUT2D eigenvalue weighted by Gasteiger charge is -2.29. The highest BCUT2D eigenvalue weighted by molar-refractivity contribution is 7.07. The molecule has 3 heterocycles. The molecule has 3 aromatic carbocycles. The molecule has 0 N–H and O–H groups in total. The number of thiazole rings is 1. The lowest BCUT2D eigenvalue weighted by atomic mass is 9.95. The van der Waals surface area contributed by atoms with Gasteiger partial charge < -0.3 is 4.57 Å². The van der Waals surface area contributed by atoms with Crippen LogP contribution in [0.15, 0.2) is 95.4 Å². The lowest BCUT2D eigenvalue weighted by Crippen LogP contribution is -2.32. The van der Waals surface area contributed by atoms with Gasteiger partial charge in [-0.3, -0.25) is 14.7 Å². The second-order valence-corrected chi connectivity index (χ2v) is 10.5. The van der Waals surface area contributed by atoms with E-state index in [1.165, 1.54) is 28.0 Å². The normalized spacial score (nSPS) is 14.1. The number of hydrogen-bond acceptors (Lipinski definition) is 4. The average molecular weight is 505 g/mol. The summed E-state index contributed by atoms with van der Waals surface area (Å²) < 4.78 is 2.05. The zero-order valence-electron chi connectivity index (χ0n) is 20.8. The van der Waals surface area contributed by atoms with E-state index in [2.05, 4.69) is 65.3 Å². The van der Waals surface area contributed by atoms with Gasteiger partial charge in [0, 0.05) is 60.8 Å². The molecule has 6 rings (SSSR count). The lowest BCUT2D eigenvalue weighted by molar-refractivity contribution is 0.0996. The van der Waals surface area contributed by atoms with Crippen LogP contribution in [0.5, 0.6) is 0 Å². The van der Waals surface area contributed by atoms with Crippen molar-refractivity contribution in [3.05, 3.63) is 129 Å². The van der Waals surface area contributed by atoms with Crippen molar-refractivity contribution in [2.45, 2.75) is 33.0 Å². The summed E-state index contributed by atoms with van der Waals surface area (Å²) >= 11 is 1.49. The summed E-state index contributed by atoms with van der Waals surface area (Å²) in [6, 6.07) is 26.9. The summed E-state index contributed by atoms with van der Waals surface area (Å²) in [5.41, 5.74) is 7.25. The first kappa shape index (κ1) is 23.5. The van der Waals surface area contributed by atoms with Crippen molar-refractivity contribution in [2.75, 3.05) is 6.54 Å². The first-order valence-corrected chi connectivity index (χ1v) is 13.5. The molecule has 0 fully saturated rings. The van der Waals surface area contributed by atoms with Crippen LogP contribution in [-0.2, 0) is 26.1 Å². The van der Waals surface area contributed by atoms with Gasteiger partial charge >= 0.3 is 0 Å². The molecule has 184 valence electrons. The molecule has 1 amide bonds. The maximum Gasteiger partial charge on any atom is 0.280 e. The van der Waals surface area contributed by atoms with Crippen LogP contribution in [0.25, 0.3) is 10.9 Å². The largest absolute Gasteiger partial charge is 0.319 e. The highest BCUT2D eigenvalue weighted by Gasteiger charge is 2.26. The molecule has 0 saturated carbocycles. The van der Waals surface area contributed by atoms with Crippen molar-refractivity contribution in [1.29, 1.82) is 0 Å². The molecule has 6 heteroatoms. The van der Waals surface area contributed by atoms with E-state index < -0.39 is 0 Å². The summed E-state index contributed by atoms with van der Waals surface area (Å²) in [4.78, 5) is 26.6. The fourth-order valence-electron chi connectivity index (χ4n) is 5.01. The van der Waals surface area contributed by atoms with Crippen molar-refractivity contribution in [3.8, 4) is 0 Å². The van der Waals surface area contributed by atoms with E-state index in [0.29, 0.717) is 23.5 Å². The van der Waals surface area contributed by atoms with Crippen LogP contribution < -0.4 is 4.80 Å². The van der Waals surface area contributed by atoms with Gasteiger partial charge in [-0.1, -0.05) is 78.4 Å². The Labute approximate surface area is 220 Å². The van der Waals surface area contributed by atoms with E-state index >= 15 is 0 Å². The van der Waals surface area contributed by atoms with Crippen molar-refractivity contribution in [1.82, 2.24) is 14.5 Å². The number of para-hydroxylation sites is 1. The number of nitrogens with zero attached hydrogens (tertiary/aromatic N) is 4. The highest BCUT2D eigenvalue weighted by atomic mass is 32.1. The van der Waals surface area contributed by atoms with Gasteiger partial charge in [-0.05, 0) is 24.1 Å². The third-order valence-corrected chi connectivity index (χ3v) is 7.71. The minimum absolute atomic E-state index is 0.198. The van der Waals surface area contributed by atoms with Gasteiger partial charge in [-0.15, -0.1) is 11.3 Å². The van der Waals surface area contributed by atoms with E-state index in [1.807, 2.05) is 46.5 Å². The first-order chi connectivity index (χ1) is 18.1. The van der Waals surface area contributed by atoms with Gasteiger partial charge in [0.15, 0.2) is 4.80 Å². The van der Waals surface area contributed by atoms with Crippen LogP contribution in [0.1, 0.15) is 38.3 Å². The van der Waals surface area contributed by atoms with E-state index in [0.717, 1.165) is 41.7 Å². The molecule has 0 unspecified atom stereocenters. The topological polar surface area (TPSA) is 50.5 Å². The number of carbonyl (C=O) groups is 1. The Morgan fingerprint density at radius 3 is 2.54 bits per heavy atom. The summed E-state index contributed by atoms with van der Waals surface area (Å²) in [6.45, 7) is 5.21. The molecular weight excluding hydrogens is 476 g/mol. The Morgan fingerprint density at radius 2 is 1.70 bits per heavy atom. The summed E-state index contributed by atoms with van der Waals surface area (Å²) in [5.74, 6) is -0.198. The molecule has 0 bridgehead atoms. The number of hydrogen-bond donors (Lipinski definition) is 0. The predicted octanol–water partition coefficient (Wildman–Crippen LogP) is 5.75. The molecule has 0 atom stereocenters. The Balaban J connectivity index is 1.38. The van der Waals surface area contributed by atoms with Crippen molar-refractivity contribution < 1.29 is 4.79 Å². The highest BCUT2D eigenvalue weighted by Crippen LogP contribution is 2.29. The molecule has 0 saturated heterocycles. The smallest absolute Gasteiger partial charge is 0.280 e. The van der Waals surface area contributed by atoms with E-state index in [9.17, 15) is 4.79 Å². The number of amides is 1.